The number of hydrogen-bond donors (Lipinski definition) is 2. The summed E-state index contributed by atoms with van der Waals surface area (Å²) in [5.74, 6) is 1.03. The Kier molecular flexibility index (Phi) is 5.74. The molecule has 0 spiro atoms. The van der Waals surface area contributed by atoms with E-state index in [1.807, 2.05) is 13.8 Å². The van der Waals surface area contributed by atoms with E-state index in [1.165, 1.54) is 0 Å². The number of rotatable bonds is 4. The van der Waals surface area contributed by atoms with E-state index in [9.17, 15) is 8.42 Å². The zero-order valence-electron chi connectivity index (χ0n) is 10.7. The summed E-state index contributed by atoms with van der Waals surface area (Å²) in [5.41, 5.74) is 0. The van der Waals surface area contributed by atoms with Crippen LogP contribution in [-0.4, -0.2) is 45.0 Å². The van der Waals surface area contributed by atoms with Gasteiger partial charge in [0.15, 0.2) is 15.8 Å². The van der Waals surface area contributed by atoms with Crippen molar-refractivity contribution in [1.29, 1.82) is 0 Å². The highest BCUT2D eigenvalue weighted by Crippen LogP contribution is 2.19. The maximum atomic E-state index is 11.8. The molecule has 100 valence electrons. The van der Waals surface area contributed by atoms with Crippen LogP contribution in [0.15, 0.2) is 4.99 Å². The molecule has 5 nitrogen and oxygen atoms in total. The van der Waals surface area contributed by atoms with Crippen molar-refractivity contribution in [2.24, 2.45) is 4.99 Å². The first kappa shape index (κ1) is 14.3. The topological polar surface area (TPSA) is 70.6 Å². The fraction of sp³-hybridized carbons (Fsp3) is 0.909. The SMILES string of the molecule is CCNC(=NC[C@@H]1CCCCS1(=O)=O)NCC. The molecule has 1 fully saturated rings. The van der Waals surface area contributed by atoms with Gasteiger partial charge in [-0.3, -0.25) is 4.99 Å². The molecule has 0 radical (unpaired) electrons. The Bertz CT molecular complexity index is 344. The highest BCUT2D eigenvalue weighted by atomic mass is 32.2. The van der Waals surface area contributed by atoms with Gasteiger partial charge >= 0.3 is 0 Å². The minimum absolute atomic E-state index is 0.288. The van der Waals surface area contributed by atoms with Gasteiger partial charge < -0.3 is 10.6 Å². The van der Waals surface area contributed by atoms with E-state index in [0.717, 1.165) is 32.4 Å². The fourth-order valence-electron chi connectivity index (χ4n) is 1.93. The summed E-state index contributed by atoms with van der Waals surface area (Å²) in [4.78, 5) is 4.34. The Morgan fingerprint density at radius 1 is 1.24 bits per heavy atom. The molecule has 0 aliphatic carbocycles. The van der Waals surface area contributed by atoms with E-state index in [-0.39, 0.29) is 5.25 Å². The van der Waals surface area contributed by atoms with Crippen molar-refractivity contribution in [1.82, 2.24) is 10.6 Å². The second-order valence-corrected chi connectivity index (χ2v) is 6.64. The van der Waals surface area contributed by atoms with E-state index in [0.29, 0.717) is 18.3 Å². The molecule has 0 saturated carbocycles. The highest BCUT2D eigenvalue weighted by molar-refractivity contribution is 7.92. The largest absolute Gasteiger partial charge is 0.357 e. The molecule has 0 aromatic rings. The predicted molar refractivity (Wildman–Crippen MR) is 71.1 cm³/mol. The van der Waals surface area contributed by atoms with Crippen LogP contribution in [0.2, 0.25) is 0 Å². The van der Waals surface area contributed by atoms with Gasteiger partial charge in [-0.1, -0.05) is 6.42 Å². The lowest BCUT2D eigenvalue weighted by atomic mass is 10.2. The van der Waals surface area contributed by atoms with E-state index in [4.69, 9.17) is 0 Å². The fourth-order valence-corrected chi connectivity index (χ4v) is 3.70. The number of guanidine groups is 1. The molecule has 17 heavy (non-hydrogen) atoms. The third-order valence-corrected chi connectivity index (χ3v) is 5.11. The molecule has 1 heterocycles. The van der Waals surface area contributed by atoms with Crippen LogP contribution in [0.4, 0.5) is 0 Å². The molecule has 0 aromatic carbocycles. The number of nitrogens with one attached hydrogen (secondary N) is 2. The Balaban J connectivity index is 2.59. The van der Waals surface area contributed by atoms with Crippen LogP contribution in [0, 0.1) is 0 Å². The Morgan fingerprint density at radius 3 is 2.41 bits per heavy atom. The minimum Gasteiger partial charge on any atom is -0.357 e. The van der Waals surface area contributed by atoms with Crippen molar-refractivity contribution in [3.05, 3.63) is 0 Å². The number of hydrogen-bond acceptors (Lipinski definition) is 3. The van der Waals surface area contributed by atoms with Gasteiger partial charge in [0.05, 0.1) is 17.5 Å². The summed E-state index contributed by atoms with van der Waals surface area (Å²) in [5, 5.41) is 5.90. The lowest BCUT2D eigenvalue weighted by Gasteiger charge is -2.21. The maximum absolute atomic E-state index is 11.8. The molecule has 0 unspecified atom stereocenters. The molecule has 1 aliphatic heterocycles. The molecule has 0 bridgehead atoms. The van der Waals surface area contributed by atoms with Crippen LogP contribution in [0.25, 0.3) is 0 Å². The first-order valence-electron chi connectivity index (χ1n) is 6.34. The quantitative estimate of drug-likeness (QED) is 0.572. The van der Waals surface area contributed by atoms with Crippen LogP contribution in [-0.2, 0) is 9.84 Å². The Labute approximate surface area is 104 Å². The monoisotopic (exact) mass is 261 g/mol. The Hall–Kier alpha value is -0.780. The maximum Gasteiger partial charge on any atom is 0.191 e. The summed E-state index contributed by atoms with van der Waals surface area (Å²) in [6.45, 7) is 5.92. The van der Waals surface area contributed by atoms with Crippen LogP contribution < -0.4 is 10.6 Å². The molecule has 0 aromatic heterocycles. The molecule has 1 saturated heterocycles. The molecule has 1 atom stereocenters. The van der Waals surface area contributed by atoms with Crippen molar-refractivity contribution in [2.75, 3.05) is 25.4 Å². The van der Waals surface area contributed by atoms with Crippen LogP contribution in [0.1, 0.15) is 33.1 Å². The molecule has 1 aliphatic rings. The summed E-state index contributed by atoms with van der Waals surface area (Å²) in [6, 6.07) is 0. The van der Waals surface area contributed by atoms with Gasteiger partial charge in [0.1, 0.15) is 0 Å². The van der Waals surface area contributed by atoms with Gasteiger partial charge in [-0.15, -0.1) is 0 Å². The molecular formula is C11H23N3O2S. The first-order chi connectivity index (χ1) is 8.10. The zero-order chi connectivity index (χ0) is 12.7. The van der Waals surface area contributed by atoms with Gasteiger partial charge in [-0.25, -0.2) is 8.42 Å². The van der Waals surface area contributed by atoms with E-state index < -0.39 is 9.84 Å². The normalized spacial score (nSPS) is 22.8. The average molecular weight is 261 g/mol. The van der Waals surface area contributed by atoms with Crippen LogP contribution in [0.3, 0.4) is 0 Å². The number of nitrogens with zero attached hydrogens (tertiary/aromatic N) is 1. The third-order valence-electron chi connectivity index (χ3n) is 2.85. The van der Waals surface area contributed by atoms with Crippen molar-refractivity contribution in [3.8, 4) is 0 Å². The highest BCUT2D eigenvalue weighted by Gasteiger charge is 2.28. The number of aliphatic imine (C=N–C) groups is 1. The third kappa shape index (κ3) is 4.53. The second-order valence-electron chi connectivity index (χ2n) is 4.23. The van der Waals surface area contributed by atoms with Crippen molar-refractivity contribution in [2.45, 2.75) is 38.4 Å². The van der Waals surface area contributed by atoms with Gasteiger partial charge in [-0.2, -0.15) is 0 Å². The number of sulfone groups is 1. The van der Waals surface area contributed by atoms with Crippen molar-refractivity contribution in [3.63, 3.8) is 0 Å². The lowest BCUT2D eigenvalue weighted by Crippen LogP contribution is -2.39. The second kappa shape index (κ2) is 6.83. The van der Waals surface area contributed by atoms with Crippen LogP contribution in [0.5, 0.6) is 0 Å². The zero-order valence-corrected chi connectivity index (χ0v) is 11.5. The molecule has 2 N–H and O–H groups in total. The summed E-state index contributed by atoms with van der Waals surface area (Å²) in [6.07, 6.45) is 2.55. The molecule has 1 rings (SSSR count). The Morgan fingerprint density at radius 2 is 1.88 bits per heavy atom. The summed E-state index contributed by atoms with van der Waals surface area (Å²) >= 11 is 0. The van der Waals surface area contributed by atoms with Gasteiger partial charge in [0.25, 0.3) is 0 Å². The van der Waals surface area contributed by atoms with Crippen LogP contribution >= 0.6 is 0 Å². The van der Waals surface area contributed by atoms with Gasteiger partial charge in [0, 0.05) is 13.1 Å². The van der Waals surface area contributed by atoms with Crippen molar-refractivity contribution < 1.29 is 8.42 Å². The molecular weight excluding hydrogens is 238 g/mol. The summed E-state index contributed by atoms with van der Waals surface area (Å²) in [7, 11) is -2.91. The van der Waals surface area contributed by atoms with Gasteiger partial charge in [0.2, 0.25) is 0 Å². The van der Waals surface area contributed by atoms with E-state index in [1.54, 1.807) is 0 Å². The van der Waals surface area contributed by atoms with E-state index in [2.05, 4.69) is 15.6 Å². The predicted octanol–water partition coefficient (Wildman–Crippen LogP) is 0.529. The summed E-state index contributed by atoms with van der Waals surface area (Å²) < 4.78 is 23.6. The van der Waals surface area contributed by atoms with E-state index >= 15 is 0 Å². The minimum atomic E-state index is -2.91. The van der Waals surface area contributed by atoms with Crippen molar-refractivity contribution >= 4 is 15.8 Å². The lowest BCUT2D eigenvalue weighted by molar-refractivity contribution is 0.541. The first-order valence-corrected chi connectivity index (χ1v) is 8.05. The molecule has 0 amide bonds. The van der Waals surface area contributed by atoms with Gasteiger partial charge in [-0.05, 0) is 26.7 Å². The standard InChI is InChI=1S/C11H23N3O2S/c1-3-12-11(13-4-2)14-9-10-7-5-6-8-17(10,15)16/h10H,3-9H2,1-2H3,(H2,12,13,14)/t10-/m0/s1. The smallest absolute Gasteiger partial charge is 0.191 e. The molecule has 6 heteroatoms. The average Bonchev–Trinajstić information content (AvgIpc) is 2.27.